The molecule has 1 saturated carbocycles. The number of carbonyl (C=O) groups excluding carboxylic acids is 4. The van der Waals surface area contributed by atoms with Gasteiger partial charge >= 0.3 is 6.18 Å². The van der Waals surface area contributed by atoms with Crippen LogP contribution in [-0.4, -0.2) is 97.8 Å². The van der Waals surface area contributed by atoms with Gasteiger partial charge in [-0.15, -0.1) is 11.3 Å². The Morgan fingerprint density at radius 2 is 1.57 bits per heavy atom. The summed E-state index contributed by atoms with van der Waals surface area (Å²) in [5.41, 5.74) is 1.37. The second-order valence-electron chi connectivity index (χ2n) is 20.8. The molecule has 3 aliphatic rings. The van der Waals surface area contributed by atoms with Crippen LogP contribution in [0.5, 0.6) is 17.4 Å². The van der Waals surface area contributed by atoms with Gasteiger partial charge in [0, 0.05) is 24.7 Å². The van der Waals surface area contributed by atoms with Gasteiger partial charge in [0.05, 0.1) is 63.4 Å². The molecule has 4 atom stereocenters. The Balaban J connectivity index is 0.789. The largest absolute Gasteiger partial charge is 0.490 e. The number of hydrogen-bond acceptors (Lipinski definition) is 13. The third-order valence-electron chi connectivity index (χ3n) is 13.8. The van der Waals surface area contributed by atoms with Gasteiger partial charge in [-0.3, -0.25) is 24.1 Å². The van der Waals surface area contributed by atoms with Gasteiger partial charge in [0.2, 0.25) is 17.7 Å². The quantitative estimate of drug-likeness (QED) is 0.0841. The highest BCUT2D eigenvalue weighted by Crippen LogP contribution is 2.41. The van der Waals surface area contributed by atoms with Gasteiger partial charge in [-0.25, -0.2) is 9.97 Å². The number of pyridine rings is 1. The van der Waals surface area contributed by atoms with E-state index in [-0.39, 0.29) is 42.0 Å². The molecular formula is C55H59F3N8O8S2. The number of halogens is 3. The molecule has 3 fully saturated rings. The number of alkyl halides is 3. The first kappa shape index (κ1) is 55.1. The summed E-state index contributed by atoms with van der Waals surface area (Å²) in [6, 6.07) is 20.4. The molecule has 4 amide bonds. The molecule has 0 bridgehead atoms. The maximum absolute atomic E-state index is 14.2. The number of nitrogens with one attached hydrogen (secondary N) is 2. The van der Waals surface area contributed by atoms with Gasteiger partial charge in [-0.1, -0.05) is 45.0 Å². The number of nitrogens with zero attached hydrogens (tertiary/aromatic N) is 6. The topological polar surface area (TPSA) is 200 Å². The number of nitriles is 1. The standard InChI is InChI=1S/C55H59F3N8O8S2/c1-31(33-8-10-34(11-9-33)47-32(2)61-30-76-47)62-49(69)44-25-38(67)28-64(44)50(70)48(53(3,4)5)63-45(68)29-72-42-22-23-46(60-27-42)74-41-20-18-40(19-21-41)73-39-16-14-36(15-17-39)66-52(75)65(51(71)54(66,6)7)37-13-12-35(26-59)43(24-37)55(56,57)58/h8-17,22-24,27,30-31,38,40-41,44,48,67H,18-21,25,28-29H2,1-7H3,(H,62,69)(H,63,68)/t31-,38+,40?,41?,44-,48+/m0/s1. The number of thiazole rings is 1. The number of aliphatic hydroxyl groups excluding tert-OH is 1. The fourth-order valence-electron chi connectivity index (χ4n) is 9.65. The molecule has 8 rings (SSSR count). The van der Waals surface area contributed by atoms with E-state index in [2.05, 4.69) is 20.6 Å². The van der Waals surface area contributed by atoms with E-state index in [1.807, 2.05) is 38.1 Å². The third-order valence-corrected chi connectivity index (χ3v) is 15.1. The number of ether oxygens (including phenoxy) is 3. The normalized spacial score (nSPS) is 20.4. The van der Waals surface area contributed by atoms with Crippen molar-refractivity contribution in [3.8, 4) is 33.9 Å². The summed E-state index contributed by atoms with van der Waals surface area (Å²) < 4.78 is 59.6. The molecule has 21 heteroatoms. The minimum Gasteiger partial charge on any atom is -0.490 e. The summed E-state index contributed by atoms with van der Waals surface area (Å²) in [7, 11) is 0. The van der Waals surface area contributed by atoms with Crippen molar-refractivity contribution in [1.29, 1.82) is 5.26 Å². The van der Waals surface area contributed by atoms with Gasteiger partial charge in [-0.05, 0) is 131 Å². The number of thiocarbonyl (C=S) groups is 1. The van der Waals surface area contributed by atoms with Gasteiger partial charge in [0.1, 0.15) is 35.2 Å². The lowest BCUT2D eigenvalue weighted by Gasteiger charge is -2.35. The van der Waals surface area contributed by atoms with Crippen molar-refractivity contribution in [3.63, 3.8) is 0 Å². The van der Waals surface area contributed by atoms with E-state index in [4.69, 9.17) is 26.4 Å². The number of benzene rings is 3. The Bertz CT molecular complexity index is 3010. The number of aryl methyl sites for hydroxylation is 1. The summed E-state index contributed by atoms with van der Waals surface area (Å²) in [5, 5.41) is 25.7. The minimum absolute atomic E-state index is 0.00861. The van der Waals surface area contributed by atoms with Crippen molar-refractivity contribution in [2.75, 3.05) is 23.0 Å². The summed E-state index contributed by atoms with van der Waals surface area (Å²) in [4.78, 5) is 68.6. The van der Waals surface area contributed by atoms with Crippen LogP contribution < -0.4 is 34.6 Å². The summed E-state index contributed by atoms with van der Waals surface area (Å²) in [5.74, 6) is -0.730. The van der Waals surface area contributed by atoms with E-state index in [0.29, 0.717) is 48.7 Å². The Labute approximate surface area is 448 Å². The Kier molecular flexibility index (Phi) is 16.1. The van der Waals surface area contributed by atoms with E-state index in [1.165, 1.54) is 17.2 Å². The first-order valence-electron chi connectivity index (χ1n) is 24.8. The molecule has 0 unspecified atom stereocenters. The number of carbonyl (C=O) groups is 4. The second kappa shape index (κ2) is 22.2. The van der Waals surface area contributed by atoms with Crippen LogP contribution in [0, 0.1) is 23.7 Å². The van der Waals surface area contributed by atoms with Gasteiger partial charge in [0.15, 0.2) is 11.7 Å². The zero-order valence-electron chi connectivity index (χ0n) is 43.0. The number of hydrogen-bond donors (Lipinski definition) is 3. The van der Waals surface area contributed by atoms with Crippen LogP contribution in [0.2, 0.25) is 0 Å². The Morgan fingerprint density at radius 3 is 2.16 bits per heavy atom. The highest BCUT2D eigenvalue weighted by Gasteiger charge is 2.51. The minimum atomic E-state index is -4.81. The maximum Gasteiger partial charge on any atom is 0.417 e. The van der Waals surface area contributed by atoms with Gasteiger partial charge in [-0.2, -0.15) is 18.4 Å². The average Bonchev–Trinajstić information content (AvgIpc) is 4.08. The van der Waals surface area contributed by atoms with Crippen LogP contribution in [0.25, 0.3) is 10.4 Å². The first-order chi connectivity index (χ1) is 35.9. The molecule has 76 heavy (non-hydrogen) atoms. The molecule has 4 heterocycles. The van der Waals surface area contributed by atoms with Gasteiger partial charge in [0.25, 0.3) is 11.8 Å². The molecular weight excluding hydrogens is 1020 g/mol. The van der Waals surface area contributed by atoms with Crippen LogP contribution in [0.3, 0.4) is 0 Å². The van der Waals surface area contributed by atoms with Crippen molar-refractivity contribution < 1.29 is 51.7 Å². The first-order valence-corrected chi connectivity index (χ1v) is 26.1. The summed E-state index contributed by atoms with van der Waals surface area (Å²) >= 11 is 7.23. The Morgan fingerprint density at radius 1 is 0.921 bits per heavy atom. The highest BCUT2D eigenvalue weighted by atomic mass is 32.1. The monoisotopic (exact) mass is 1080 g/mol. The molecule has 2 aromatic heterocycles. The molecule has 3 aromatic carbocycles. The fourth-order valence-corrected chi connectivity index (χ4v) is 11.0. The molecule has 2 saturated heterocycles. The number of amides is 4. The third kappa shape index (κ3) is 12.1. The van der Waals surface area contributed by atoms with E-state index in [0.717, 1.165) is 38.7 Å². The lowest BCUT2D eigenvalue weighted by Crippen LogP contribution is -2.58. The summed E-state index contributed by atoms with van der Waals surface area (Å²) in [6.45, 7) is 12.0. The predicted octanol–water partition coefficient (Wildman–Crippen LogP) is 8.84. The number of aromatic nitrogens is 2. The number of rotatable bonds is 15. The predicted molar refractivity (Wildman–Crippen MR) is 283 cm³/mol. The van der Waals surface area contributed by atoms with Crippen LogP contribution in [0.4, 0.5) is 24.5 Å². The van der Waals surface area contributed by atoms with E-state index >= 15 is 0 Å². The van der Waals surface area contributed by atoms with Crippen LogP contribution in [-0.2, 0) is 25.4 Å². The van der Waals surface area contributed by atoms with Crippen molar-refractivity contribution in [2.45, 2.75) is 129 Å². The number of β-amino-alcohol motifs (C(OH)–C–C–N with tert-alkyl or cyclic N) is 1. The van der Waals surface area contributed by atoms with Crippen molar-refractivity contribution in [2.24, 2.45) is 5.41 Å². The number of aliphatic hydroxyl groups is 1. The average molecular weight is 1080 g/mol. The molecule has 5 aromatic rings. The number of likely N-dealkylation sites (tertiary alicyclic amines) is 1. The van der Waals surface area contributed by atoms with Crippen molar-refractivity contribution >= 4 is 63.7 Å². The lowest BCUT2D eigenvalue weighted by molar-refractivity contribution is -0.144. The molecule has 2 aliphatic heterocycles. The lowest BCUT2D eigenvalue weighted by atomic mass is 9.85. The molecule has 16 nitrogen and oxygen atoms in total. The maximum atomic E-state index is 14.2. The highest BCUT2D eigenvalue weighted by molar-refractivity contribution is 7.81. The molecule has 0 spiro atoms. The van der Waals surface area contributed by atoms with E-state index in [1.54, 1.807) is 98.8 Å². The fraction of sp³-hybridized carbons (Fsp3) is 0.418. The van der Waals surface area contributed by atoms with E-state index < -0.39 is 76.7 Å². The molecule has 400 valence electrons. The van der Waals surface area contributed by atoms with Crippen molar-refractivity contribution in [3.05, 3.63) is 113 Å². The molecule has 0 radical (unpaired) electrons. The second-order valence-corrected chi connectivity index (χ2v) is 22.0. The molecule has 1 aliphatic carbocycles. The summed E-state index contributed by atoms with van der Waals surface area (Å²) in [6.07, 6.45) is -1.74. The van der Waals surface area contributed by atoms with Crippen LogP contribution in [0.15, 0.2) is 90.6 Å². The van der Waals surface area contributed by atoms with Crippen molar-refractivity contribution in [1.82, 2.24) is 25.5 Å². The SMILES string of the molecule is Cc1ncsc1-c1ccc([C@H](C)NC(=O)[C@@H]2C[C@@H](O)CN2C(=O)[C@@H](NC(=O)COc2ccc(OC3CCC(Oc4ccc(N5C(=S)N(c6ccc(C#N)c(C(F)(F)F)c6)C(=O)C5(C)C)cc4)CC3)nc2)C(C)(C)C)cc1. The zero-order valence-corrected chi connectivity index (χ0v) is 44.6. The number of anilines is 2. The van der Waals surface area contributed by atoms with Crippen LogP contribution >= 0.6 is 23.6 Å². The van der Waals surface area contributed by atoms with Crippen LogP contribution in [0.1, 0.15) is 102 Å². The molecule has 3 N–H and O–H groups in total. The van der Waals surface area contributed by atoms with E-state index in [9.17, 15) is 42.7 Å². The van der Waals surface area contributed by atoms with Gasteiger partial charge < -0.3 is 39.8 Å². The Hall–Kier alpha value is -7.15. The smallest absolute Gasteiger partial charge is 0.417 e. The zero-order chi connectivity index (χ0) is 54.9.